The first-order valence-corrected chi connectivity index (χ1v) is 6.41. The van der Waals surface area contributed by atoms with E-state index in [0.717, 1.165) is 11.3 Å². The molecule has 0 aliphatic carbocycles. The van der Waals surface area contributed by atoms with E-state index in [1.165, 1.54) is 11.3 Å². The second kappa shape index (κ2) is 5.29. The molecule has 0 aromatic carbocycles. The SMILES string of the molecule is NC(C(=O)NCC1CCC(=O)N1)c1cccs1. The Labute approximate surface area is 103 Å². The van der Waals surface area contributed by atoms with Gasteiger partial charge in [0.15, 0.2) is 0 Å². The van der Waals surface area contributed by atoms with Crippen molar-refractivity contribution in [1.82, 2.24) is 10.6 Å². The fraction of sp³-hybridized carbons (Fsp3) is 0.455. The van der Waals surface area contributed by atoms with Gasteiger partial charge in [-0.3, -0.25) is 9.59 Å². The van der Waals surface area contributed by atoms with Crippen LogP contribution in [0.15, 0.2) is 17.5 Å². The number of hydrogen-bond acceptors (Lipinski definition) is 4. The Balaban J connectivity index is 1.79. The highest BCUT2D eigenvalue weighted by Gasteiger charge is 2.22. The molecule has 2 unspecified atom stereocenters. The third-order valence-corrected chi connectivity index (χ3v) is 3.70. The third kappa shape index (κ3) is 3.04. The maximum atomic E-state index is 11.7. The summed E-state index contributed by atoms with van der Waals surface area (Å²) in [5.41, 5.74) is 5.81. The number of amides is 2. The summed E-state index contributed by atoms with van der Waals surface area (Å²) in [5.74, 6) is -0.152. The van der Waals surface area contributed by atoms with Gasteiger partial charge in [-0.05, 0) is 17.9 Å². The fourth-order valence-corrected chi connectivity index (χ4v) is 2.49. The van der Waals surface area contributed by atoms with Crippen molar-refractivity contribution in [3.05, 3.63) is 22.4 Å². The molecule has 1 fully saturated rings. The Bertz CT molecular complexity index is 405. The normalized spacial score (nSPS) is 21.0. The largest absolute Gasteiger partial charge is 0.352 e. The lowest BCUT2D eigenvalue weighted by atomic mass is 10.2. The molecule has 2 amide bonds. The van der Waals surface area contributed by atoms with E-state index in [1.54, 1.807) is 0 Å². The fourth-order valence-electron chi connectivity index (χ4n) is 1.76. The topological polar surface area (TPSA) is 84.2 Å². The van der Waals surface area contributed by atoms with Crippen molar-refractivity contribution < 1.29 is 9.59 Å². The van der Waals surface area contributed by atoms with Gasteiger partial charge in [-0.1, -0.05) is 6.07 Å². The van der Waals surface area contributed by atoms with Crippen molar-refractivity contribution in [1.29, 1.82) is 0 Å². The van der Waals surface area contributed by atoms with Crippen molar-refractivity contribution in [3.8, 4) is 0 Å². The number of carbonyl (C=O) groups excluding carboxylic acids is 2. The van der Waals surface area contributed by atoms with Gasteiger partial charge in [0.1, 0.15) is 6.04 Å². The molecule has 4 N–H and O–H groups in total. The lowest BCUT2D eigenvalue weighted by Gasteiger charge is -2.14. The van der Waals surface area contributed by atoms with Crippen LogP contribution in [0.2, 0.25) is 0 Å². The number of carbonyl (C=O) groups is 2. The van der Waals surface area contributed by atoms with Gasteiger partial charge in [0.25, 0.3) is 0 Å². The molecule has 17 heavy (non-hydrogen) atoms. The molecule has 1 aromatic heterocycles. The second-order valence-electron chi connectivity index (χ2n) is 4.04. The summed E-state index contributed by atoms with van der Waals surface area (Å²) >= 11 is 1.46. The summed E-state index contributed by atoms with van der Waals surface area (Å²) in [6, 6.07) is 3.13. The van der Waals surface area contributed by atoms with Gasteiger partial charge in [0, 0.05) is 23.9 Å². The molecule has 6 heteroatoms. The molecule has 1 aliphatic heterocycles. The van der Waals surface area contributed by atoms with Crippen LogP contribution >= 0.6 is 11.3 Å². The molecule has 1 aliphatic rings. The lowest BCUT2D eigenvalue weighted by molar-refractivity contribution is -0.123. The molecular weight excluding hydrogens is 238 g/mol. The molecule has 0 spiro atoms. The first kappa shape index (κ1) is 12.1. The van der Waals surface area contributed by atoms with E-state index in [4.69, 9.17) is 5.73 Å². The van der Waals surface area contributed by atoms with Gasteiger partial charge in [0.05, 0.1) is 0 Å². The maximum Gasteiger partial charge on any atom is 0.242 e. The molecule has 92 valence electrons. The van der Waals surface area contributed by atoms with E-state index >= 15 is 0 Å². The van der Waals surface area contributed by atoms with Crippen LogP contribution in [0, 0.1) is 0 Å². The second-order valence-corrected chi connectivity index (χ2v) is 5.02. The van der Waals surface area contributed by atoms with Crippen molar-refractivity contribution in [2.24, 2.45) is 5.73 Å². The van der Waals surface area contributed by atoms with Gasteiger partial charge in [-0.2, -0.15) is 0 Å². The van der Waals surface area contributed by atoms with E-state index in [0.29, 0.717) is 13.0 Å². The average Bonchev–Trinajstić information content (AvgIpc) is 2.95. The molecule has 5 nitrogen and oxygen atoms in total. The zero-order chi connectivity index (χ0) is 12.3. The Kier molecular flexibility index (Phi) is 3.75. The lowest BCUT2D eigenvalue weighted by Crippen LogP contribution is -2.41. The molecule has 1 saturated heterocycles. The van der Waals surface area contributed by atoms with E-state index in [-0.39, 0.29) is 17.9 Å². The number of nitrogens with two attached hydrogens (primary N) is 1. The summed E-state index contributed by atoms with van der Waals surface area (Å²) in [5, 5.41) is 7.44. The molecule has 1 aromatic rings. The van der Waals surface area contributed by atoms with Crippen LogP contribution in [0.25, 0.3) is 0 Å². The molecule has 2 heterocycles. The summed E-state index contributed by atoms with van der Waals surface area (Å²) in [4.78, 5) is 23.6. The summed E-state index contributed by atoms with van der Waals surface area (Å²) in [6.45, 7) is 0.448. The maximum absolute atomic E-state index is 11.7. The monoisotopic (exact) mass is 253 g/mol. The van der Waals surface area contributed by atoms with Crippen LogP contribution < -0.4 is 16.4 Å². The van der Waals surface area contributed by atoms with E-state index in [1.807, 2.05) is 17.5 Å². The molecule has 0 radical (unpaired) electrons. The number of nitrogens with one attached hydrogen (secondary N) is 2. The summed E-state index contributed by atoms with van der Waals surface area (Å²) in [6.07, 6.45) is 1.31. The van der Waals surface area contributed by atoms with E-state index in [9.17, 15) is 9.59 Å². The number of thiophene rings is 1. The Morgan fingerprint density at radius 3 is 3.12 bits per heavy atom. The Morgan fingerprint density at radius 2 is 2.53 bits per heavy atom. The predicted octanol–water partition coefficient (Wildman–Crippen LogP) is 0.143. The highest BCUT2D eigenvalue weighted by molar-refractivity contribution is 7.10. The van der Waals surface area contributed by atoms with Gasteiger partial charge >= 0.3 is 0 Å². The van der Waals surface area contributed by atoms with Crippen LogP contribution in [0.1, 0.15) is 23.8 Å². The minimum absolute atomic E-state index is 0.0435. The zero-order valence-corrected chi connectivity index (χ0v) is 10.1. The van der Waals surface area contributed by atoms with Crippen LogP contribution in [0.4, 0.5) is 0 Å². The Hall–Kier alpha value is -1.40. The van der Waals surface area contributed by atoms with Crippen molar-refractivity contribution in [3.63, 3.8) is 0 Å². The van der Waals surface area contributed by atoms with Gasteiger partial charge in [0.2, 0.25) is 11.8 Å². The van der Waals surface area contributed by atoms with Crippen LogP contribution in [-0.2, 0) is 9.59 Å². The quantitative estimate of drug-likeness (QED) is 0.713. The van der Waals surface area contributed by atoms with E-state index in [2.05, 4.69) is 10.6 Å². The molecule has 0 saturated carbocycles. The first-order chi connectivity index (χ1) is 8.16. The number of hydrogen-bond donors (Lipinski definition) is 3. The van der Waals surface area contributed by atoms with E-state index < -0.39 is 6.04 Å². The predicted molar refractivity (Wildman–Crippen MR) is 65.4 cm³/mol. The van der Waals surface area contributed by atoms with Crippen LogP contribution in [0.5, 0.6) is 0 Å². The van der Waals surface area contributed by atoms with Gasteiger partial charge < -0.3 is 16.4 Å². The zero-order valence-electron chi connectivity index (χ0n) is 9.31. The molecule has 2 atom stereocenters. The third-order valence-electron chi connectivity index (χ3n) is 2.74. The minimum Gasteiger partial charge on any atom is -0.352 e. The standard InChI is InChI=1S/C11H15N3O2S/c12-10(8-2-1-5-17-8)11(16)13-6-7-3-4-9(15)14-7/h1-2,5,7,10H,3-4,6,12H2,(H,13,16)(H,14,15). The molecular formula is C11H15N3O2S. The van der Waals surface area contributed by atoms with Crippen LogP contribution in [-0.4, -0.2) is 24.4 Å². The number of rotatable bonds is 4. The molecule has 2 rings (SSSR count). The van der Waals surface area contributed by atoms with Gasteiger partial charge in [-0.15, -0.1) is 11.3 Å². The van der Waals surface area contributed by atoms with Crippen molar-refractivity contribution in [2.45, 2.75) is 24.9 Å². The van der Waals surface area contributed by atoms with Crippen molar-refractivity contribution >= 4 is 23.2 Å². The average molecular weight is 253 g/mol. The summed E-state index contributed by atoms with van der Waals surface area (Å²) < 4.78 is 0. The van der Waals surface area contributed by atoms with Crippen molar-refractivity contribution in [2.75, 3.05) is 6.54 Å². The Morgan fingerprint density at radius 1 is 1.71 bits per heavy atom. The van der Waals surface area contributed by atoms with Gasteiger partial charge in [-0.25, -0.2) is 0 Å². The first-order valence-electron chi connectivity index (χ1n) is 5.53. The van der Waals surface area contributed by atoms with Crippen LogP contribution in [0.3, 0.4) is 0 Å². The highest BCUT2D eigenvalue weighted by atomic mass is 32.1. The minimum atomic E-state index is -0.618. The summed E-state index contributed by atoms with van der Waals surface area (Å²) in [7, 11) is 0. The molecule has 0 bridgehead atoms. The smallest absolute Gasteiger partial charge is 0.242 e. The highest BCUT2D eigenvalue weighted by Crippen LogP contribution is 2.16.